The molecule has 0 aliphatic carbocycles. The molecule has 8 N–H and O–H groups in total. The number of hydrogen-bond donors (Lipinski definition) is 8. The molecule has 0 radical (unpaired) electrons. The fraction of sp³-hybridized carbons (Fsp3) is 0.389. The molecule has 0 fully saturated rings. The Morgan fingerprint density at radius 3 is 1.88 bits per heavy atom. The molecule has 0 saturated carbocycles. The smallest absolute Gasteiger partial charge is 0.254 e. The summed E-state index contributed by atoms with van der Waals surface area (Å²) >= 11 is 5.41. The van der Waals surface area contributed by atoms with Gasteiger partial charge in [-0.05, 0) is 73.8 Å². The molecule has 178 valence electrons. The molecular formula is C18H22I3N3O8. The normalized spacial score (nSPS) is 12.1. The summed E-state index contributed by atoms with van der Waals surface area (Å²) in [6.45, 7) is 0.288. The maximum Gasteiger partial charge on any atom is 0.254 e. The van der Waals surface area contributed by atoms with Crippen molar-refractivity contribution in [3.8, 4) is 0 Å². The molecule has 11 nitrogen and oxygen atoms in total. The third-order valence-corrected chi connectivity index (χ3v) is 7.44. The highest BCUT2D eigenvalue weighted by Gasteiger charge is 2.34. The monoisotopic (exact) mass is 789 g/mol. The minimum atomic E-state index is -1.72. The molecule has 0 aliphatic rings. The second-order valence-corrected chi connectivity index (χ2v) is 9.75. The van der Waals surface area contributed by atoms with Gasteiger partial charge in [-0.3, -0.25) is 14.4 Å². The zero-order chi connectivity index (χ0) is 24.6. The van der Waals surface area contributed by atoms with Crippen LogP contribution in [-0.2, 0) is 4.79 Å². The van der Waals surface area contributed by atoms with Crippen molar-refractivity contribution < 1.29 is 39.9 Å². The second-order valence-electron chi connectivity index (χ2n) is 6.52. The first-order chi connectivity index (χ1) is 15.0. The van der Waals surface area contributed by atoms with Crippen molar-refractivity contribution in [3.63, 3.8) is 0 Å². The van der Waals surface area contributed by atoms with E-state index in [0.717, 1.165) is 6.08 Å². The fourth-order valence-electron chi connectivity index (χ4n) is 2.28. The van der Waals surface area contributed by atoms with E-state index < -0.39 is 55.8 Å². The third-order valence-electron chi connectivity index (χ3n) is 4.20. The van der Waals surface area contributed by atoms with Crippen molar-refractivity contribution in [1.82, 2.24) is 10.6 Å². The lowest BCUT2D eigenvalue weighted by atomic mass is 10.0. The van der Waals surface area contributed by atoms with Crippen LogP contribution in [0.3, 0.4) is 0 Å². The first-order valence-electron chi connectivity index (χ1n) is 8.88. The molecule has 0 heterocycles. The van der Waals surface area contributed by atoms with Crippen molar-refractivity contribution in [2.45, 2.75) is 11.6 Å². The molecule has 0 bridgehead atoms. The quantitative estimate of drug-likeness (QED) is 0.105. The molecule has 0 aromatic heterocycles. The highest BCUT2D eigenvalue weighted by molar-refractivity contribution is 14.1. The summed E-state index contributed by atoms with van der Waals surface area (Å²) < 4.78 is 0.750. The molecule has 3 amide bonds. The second kappa shape index (κ2) is 13.3. The van der Waals surface area contributed by atoms with Crippen LogP contribution in [0, 0.1) is 10.7 Å². The number of carbonyl (C=O) groups excluding carboxylic acids is 3. The first kappa shape index (κ1) is 29.4. The van der Waals surface area contributed by atoms with Crippen molar-refractivity contribution in [3.05, 3.63) is 34.5 Å². The first-order valence-corrected chi connectivity index (χ1v) is 12.1. The van der Waals surface area contributed by atoms with Gasteiger partial charge in [0.15, 0.2) is 0 Å². The average Bonchev–Trinajstić information content (AvgIpc) is 2.78. The lowest BCUT2D eigenvalue weighted by Gasteiger charge is -2.29. The Labute approximate surface area is 224 Å². The van der Waals surface area contributed by atoms with E-state index in [0.29, 0.717) is 3.57 Å². The number of carbonyl (C=O) groups is 3. The van der Waals surface area contributed by atoms with E-state index in [9.17, 15) is 34.8 Å². The standard InChI is InChI=1S/C18H22I3N3O8/c1-2-9(30)23-15-13(20)10(16(31)22-3-8(29)4-25)12(19)11(14(15)21)17(32)24-18(5-26,6-27)7-28/h2,8,25-29H,1,3-7H2,(H,22,31)(H,23,30)(H,24,32). The zero-order valence-corrected chi connectivity index (χ0v) is 23.0. The number of rotatable bonds is 11. The van der Waals surface area contributed by atoms with Crippen molar-refractivity contribution in [2.24, 2.45) is 0 Å². The van der Waals surface area contributed by atoms with Gasteiger partial charge in [-0.1, -0.05) is 6.58 Å². The largest absolute Gasteiger partial charge is 0.394 e. The number of nitrogens with one attached hydrogen (secondary N) is 3. The number of benzene rings is 1. The average molecular weight is 789 g/mol. The van der Waals surface area contributed by atoms with Gasteiger partial charge in [0, 0.05) is 10.1 Å². The van der Waals surface area contributed by atoms with Crippen LogP contribution in [0.25, 0.3) is 0 Å². The number of amides is 3. The lowest BCUT2D eigenvalue weighted by Crippen LogP contribution is -2.57. The van der Waals surface area contributed by atoms with Crippen LogP contribution in [0.5, 0.6) is 0 Å². The van der Waals surface area contributed by atoms with Crippen LogP contribution < -0.4 is 16.0 Å². The molecule has 1 rings (SSSR count). The van der Waals surface area contributed by atoms with Crippen LogP contribution in [0.2, 0.25) is 0 Å². The van der Waals surface area contributed by atoms with Crippen LogP contribution in [0.4, 0.5) is 5.69 Å². The van der Waals surface area contributed by atoms with Crippen LogP contribution in [-0.4, -0.2) is 87.9 Å². The van der Waals surface area contributed by atoms with Crippen LogP contribution in [0.1, 0.15) is 20.7 Å². The molecule has 0 saturated heterocycles. The van der Waals surface area contributed by atoms with Crippen molar-refractivity contribution in [1.29, 1.82) is 0 Å². The number of aliphatic hydroxyl groups excluding tert-OH is 5. The van der Waals surface area contributed by atoms with E-state index in [1.165, 1.54) is 0 Å². The molecule has 1 atom stereocenters. The summed E-state index contributed by atoms with van der Waals surface area (Å²) in [5.41, 5.74) is -1.59. The van der Waals surface area contributed by atoms with E-state index in [1.807, 2.05) is 45.2 Å². The van der Waals surface area contributed by atoms with Gasteiger partial charge in [0.05, 0.1) is 56.5 Å². The Bertz CT molecular complexity index is 885. The Hall–Kier alpha value is -0.640. The molecule has 14 heteroatoms. The summed E-state index contributed by atoms with van der Waals surface area (Å²) in [5, 5.41) is 54.5. The Morgan fingerprint density at radius 2 is 1.44 bits per heavy atom. The van der Waals surface area contributed by atoms with Gasteiger partial charge >= 0.3 is 0 Å². The van der Waals surface area contributed by atoms with E-state index in [2.05, 4.69) is 22.5 Å². The fourth-order valence-corrected chi connectivity index (χ4v) is 6.70. The summed E-state index contributed by atoms with van der Waals surface area (Å²) in [5.74, 6) is -2.08. The molecule has 32 heavy (non-hydrogen) atoms. The minimum Gasteiger partial charge on any atom is -0.394 e. The summed E-state index contributed by atoms with van der Waals surface area (Å²) in [6.07, 6.45) is -0.185. The molecule has 0 aliphatic heterocycles. The third kappa shape index (κ3) is 6.93. The lowest BCUT2D eigenvalue weighted by molar-refractivity contribution is -0.111. The van der Waals surface area contributed by atoms with E-state index in [1.54, 1.807) is 22.6 Å². The van der Waals surface area contributed by atoms with Gasteiger partial charge in [0.2, 0.25) is 5.91 Å². The summed E-state index contributed by atoms with van der Waals surface area (Å²) in [7, 11) is 0. The Kier molecular flexibility index (Phi) is 12.2. The maximum absolute atomic E-state index is 13.1. The highest BCUT2D eigenvalue weighted by atomic mass is 127. The van der Waals surface area contributed by atoms with Gasteiger partial charge in [-0.2, -0.15) is 0 Å². The van der Waals surface area contributed by atoms with Gasteiger partial charge in [0.25, 0.3) is 11.8 Å². The molecular weight excluding hydrogens is 767 g/mol. The van der Waals surface area contributed by atoms with Gasteiger partial charge < -0.3 is 41.5 Å². The molecule has 0 spiro atoms. The van der Waals surface area contributed by atoms with Gasteiger partial charge in [0.1, 0.15) is 5.54 Å². The van der Waals surface area contributed by atoms with E-state index in [-0.39, 0.29) is 30.5 Å². The molecule has 1 aromatic carbocycles. The highest BCUT2D eigenvalue weighted by Crippen LogP contribution is 2.36. The summed E-state index contributed by atoms with van der Waals surface area (Å²) in [6, 6.07) is 0. The van der Waals surface area contributed by atoms with E-state index >= 15 is 0 Å². The topological polar surface area (TPSA) is 188 Å². The van der Waals surface area contributed by atoms with Gasteiger partial charge in [-0.15, -0.1) is 0 Å². The van der Waals surface area contributed by atoms with Crippen LogP contribution in [0.15, 0.2) is 12.7 Å². The van der Waals surface area contributed by atoms with Gasteiger partial charge in [-0.25, -0.2) is 0 Å². The maximum atomic E-state index is 13.1. The van der Waals surface area contributed by atoms with E-state index in [4.69, 9.17) is 5.11 Å². The van der Waals surface area contributed by atoms with Crippen molar-refractivity contribution in [2.75, 3.05) is 38.3 Å². The number of hydrogen-bond acceptors (Lipinski definition) is 8. The predicted octanol–water partition coefficient (Wildman–Crippen LogP) is -0.847. The number of halogens is 3. The molecule has 1 unspecified atom stereocenters. The SMILES string of the molecule is C=CC(=O)Nc1c(I)c(C(=O)NCC(O)CO)c(I)c(C(=O)NC(CO)(CO)CO)c1I. The Balaban J connectivity index is 3.66. The predicted molar refractivity (Wildman–Crippen MR) is 140 cm³/mol. The van der Waals surface area contributed by atoms with Crippen molar-refractivity contribution >= 4 is 91.2 Å². The zero-order valence-electron chi connectivity index (χ0n) is 16.5. The van der Waals surface area contributed by atoms with Crippen LogP contribution >= 0.6 is 67.8 Å². The minimum absolute atomic E-state index is 0.0175. The summed E-state index contributed by atoms with van der Waals surface area (Å²) in [4.78, 5) is 37.9. The number of anilines is 1. The Morgan fingerprint density at radius 1 is 0.938 bits per heavy atom. The molecule has 1 aromatic rings. The number of aliphatic hydroxyl groups is 5.